The van der Waals surface area contributed by atoms with Gasteiger partial charge < -0.3 is 44.5 Å². The molecule has 266 valence electrons. The zero-order valence-corrected chi connectivity index (χ0v) is 27.8. The van der Waals surface area contributed by atoms with Crippen molar-refractivity contribution in [3.63, 3.8) is 0 Å². The molecule has 0 amide bonds. The Labute approximate surface area is 285 Å². The molecule has 0 radical (unpaired) electrons. The van der Waals surface area contributed by atoms with Crippen molar-refractivity contribution in [3.8, 4) is 0 Å². The molecule has 0 saturated carbocycles. The second-order valence-electron chi connectivity index (χ2n) is 14.1. The number of carbonyl (C=O) groups is 3. The highest BCUT2D eigenvalue weighted by molar-refractivity contribution is 5.71. The monoisotopic (exact) mass is 680 g/mol. The predicted molar refractivity (Wildman–Crippen MR) is 176 cm³/mol. The number of furan rings is 3. The standard InChI is InChI=1S/C36H48N4O9/c41-34(42)31(25-1-4-37-13-25)10-22-7-30(49-19-22)18-40(16-23-8-28(47-20-23)11-32(35(43)44)26-2-5-38-14-26)17-24-9-29(48-21-24)12-33(36(45)46)27-3-6-39-15-27/h7-9,19-21,25-27,31-33,37-39H,1-6,10-18H2,(H,41,42)(H,43,44)(H,45,46)/t25-,26-,27-,31-,32-,33-/m0/s1. The Morgan fingerprint density at radius 2 is 0.980 bits per heavy atom. The van der Waals surface area contributed by atoms with Crippen LogP contribution in [-0.2, 0) is 53.3 Å². The summed E-state index contributed by atoms with van der Waals surface area (Å²) < 4.78 is 17.7. The van der Waals surface area contributed by atoms with E-state index in [1.54, 1.807) is 18.8 Å². The highest BCUT2D eigenvalue weighted by Crippen LogP contribution is 2.29. The van der Waals surface area contributed by atoms with Crippen molar-refractivity contribution in [1.82, 2.24) is 20.9 Å². The minimum Gasteiger partial charge on any atom is -0.481 e. The van der Waals surface area contributed by atoms with E-state index in [-0.39, 0.29) is 17.8 Å². The predicted octanol–water partition coefficient (Wildman–Crippen LogP) is 3.23. The average Bonchev–Trinajstić information content (AvgIpc) is 3.91. The highest BCUT2D eigenvalue weighted by Gasteiger charge is 2.34. The lowest BCUT2D eigenvalue weighted by Crippen LogP contribution is -2.27. The molecule has 3 saturated heterocycles. The largest absolute Gasteiger partial charge is 0.481 e. The Hall–Kier alpha value is -3.91. The van der Waals surface area contributed by atoms with E-state index in [4.69, 9.17) is 13.3 Å². The fourth-order valence-corrected chi connectivity index (χ4v) is 7.87. The minimum atomic E-state index is -0.818. The number of carboxylic acid groups (broad SMARTS) is 3. The first-order valence-electron chi connectivity index (χ1n) is 17.4. The molecule has 3 aliphatic rings. The van der Waals surface area contributed by atoms with Crippen LogP contribution in [0.15, 0.2) is 50.2 Å². The fourth-order valence-electron chi connectivity index (χ4n) is 7.87. The van der Waals surface area contributed by atoms with Crippen LogP contribution in [0.3, 0.4) is 0 Å². The van der Waals surface area contributed by atoms with Gasteiger partial charge in [-0.15, -0.1) is 0 Å². The van der Waals surface area contributed by atoms with E-state index in [1.807, 2.05) is 18.2 Å². The summed E-state index contributed by atoms with van der Waals surface area (Å²) in [4.78, 5) is 38.4. The summed E-state index contributed by atoms with van der Waals surface area (Å²) in [7, 11) is 0. The summed E-state index contributed by atoms with van der Waals surface area (Å²) in [5.74, 6) is -1.84. The SMILES string of the molecule is O=C(O)[C@@H](Cc1coc(CN(Cc2coc(C[C@H](C(=O)O)[C@H]3CCNC3)c2)Cc2coc(C[C@H](C(=O)O)[C@H]3CCNC3)c2)c1)[C@H]1CCNC1. The molecule has 0 aliphatic carbocycles. The van der Waals surface area contributed by atoms with Gasteiger partial charge in [0.2, 0.25) is 0 Å². The van der Waals surface area contributed by atoms with Crippen LogP contribution in [0.1, 0.15) is 53.2 Å². The molecule has 0 unspecified atom stereocenters. The third kappa shape index (κ3) is 9.21. The van der Waals surface area contributed by atoms with Gasteiger partial charge >= 0.3 is 17.9 Å². The van der Waals surface area contributed by atoms with Crippen molar-refractivity contribution in [3.05, 3.63) is 71.0 Å². The maximum absolute atomic E-state index is 12.1. The molecular weight excluding hydrogens is 632 g/mol. The van der Waals surface area contributed by atoms with Crippen LogP contribution in [0.2, 0.25) is 0 Å². The molecule has 6 heterocycles. The van der Waals surface area contributed by atoms with Gasteiger partial charge in [-0.25, -0.2) is 0 Å². The van der Waals surface area contributed by atoms with Gasteiger partial charge in [0.25, 0.3) is 0 Å². The van der Waals surface area contributed by atoms with Gasteiger partial charge in [0.15, 0.2) is 0 Å². The second-order valence-corrected chi connectivity index (χ2v) is 14.1. The number of nitrogens with zero attached hydrogens (tertiary/aromatic N) is 1. The topological polar surface area (TPSA) is 191 Å². The van der Waals surface area contributed by atoms with Gasteiger partial charge in [-0.05, 0) is 106 Å². The molecule has 0 aromatic carbocycles. The third-order valence-corrected chi connectivity index (χ3v) is 10.6. The number of nitrogens with one attached hydrogen (secondary N) is 3. The number of hydrogen-bond acceptors (Lipinski definition) is 10. The minimum absolute atomic E-state index is 0.0577. The van der Waals surface area contributed by atoms with Crippen molar-refractivity contribution in [2.75, 3.05) is 39.3 Å². The summed E-state index contributed by atoms with van der Waals surface area (Å²) in [6.45, 7) is 5.90. The lowest BCUT2D eigenvalue weighted by atomic mass is 9.87. The first-order valence-corrected chi connectivity index (χ1v) is 17.4. The van der Waals surface area contributed by atoms with Crippen LogP contribution in [0.4, 0.5) is 0 Å². The van der Waals surface area contributed by atoms with Crippen LogP contribution in [-0.4, -0.2) is 77.4 Å². The number of rotatable bonds is 18. The van der Waals surface area contributed by atoms with Crippen LogP contribution >= 0.6 is 0 Å². The van der Waals surface area contributed by atoms with Gasteiger partial charge in [0.05, 0.1) is 43.1 Å². The Morgan fingerprint density at radius 1 is 0.592 bits per heavy atom. The van der Waals surface area contributed by atoms with Crippen LogP contribution in [0.5, 0.6) is 0 Å². The van der Waals surface area contributed by atoms with Crippen molar-refractivity contribution < 1.29 is 43.0 Å². The van der Waals surface area contributed by atoms with Gasteiger partial charge in [-0.2, -0.15) is 0 Å². The quantitative estimate of drug-likeness (QED) is 0.115. The second kappa shape index (κ2) is 16.2. The van der Waals surface area contributed by atoms with E-state index in [1.165, 1.54) is 0 Å². The summed E-state index contributed by atoms with van der Waals surface area (Å²) in [6, 6.07) is 5.76. The average molecular weight is 681 g/mol. The van der Waals surface area contributed by atoms with E-state index >= 15 is 0 Å². The van der Waals surface area contributed by atoms with Crippen molar-refractivity contribution in [1.29, 1.82) is 0 Å². The summed E-state index contributed by atoms with van der Waals surface area (Å²) in [6.07, 6.45) is 8.50. The van der Waals surface area contributed by atoms with E-state index in [2.05, 4.69) is 20.9 Å². The van der Waals surface area contributed by atoms with Crippen molar-refractivity contribution in [2.24, 2.45) is 35.5 Å². The Balaban J connectivity index is 1.16. The number of carboxylic acids is 3. The summed E-state index contributed by atoms with van der Waals surface area (Å²) in [5.41, 5.74) is 2.62. The Kier molecular flexibility index (Phi) is 11.5. The lowest BCUT2D eigenvalue weighted by molar-refractivity contribution is -0.144. The Bertz CT molecular complexity index is 1360. The number of hydrogen-bond donors (Lipinski definition) is 6. The normalized spacial score (nSPS) is 22.8. The molecule has 3 aliphatic heterocycles. The van der Waals surface area contributed by atoms with Gasteiger partial charge in [-0.3, -0.25) is 19.3 Å². The maximum atomic E-state index is 12.1. The van der Waals surface area contributed by atoms with E-state index in [0.29, 0.717) is 75.8 Å². The molecule has 0 spiro atoms. The third-order valence-electron chi connectivity index (χ3n) is 10.6. The molecule has 0 bridgehead atoms. The first-order chi connectivity index (χ1) is 23.7. The van der Waals surface area contributed by atoms with Crippen molar-refractivity contribution in [2.45, 2.75) is 58.2 Å². The lowest BCUT2D eigenvalue weighted by Gasteiger charge is -2.20. The molecule has 3 aromatic rings. The van der Waals surface area contributed by atoms with Crippen molar-refractivity contribution >= 4 is 17.9 Å². The summed E-state index contributed by atoms with van der Waals surface area (Å²) >= 11 is 0. The maximum Gasteiger partial charge on any atom is 0.307 e. The van der Waals surface area contributed by atoms with Gasteiger partial charge in [-0.1, -0.05) is 0 Å². The smallest absolute Gasteiger partial charge is 0.307 e. The number of aliphatic carboxylic acids is 3. The Morgan fingerprint density at radius 3 is 1.39 bits per heavy atom. The van der Waals surface area contributed by atoms with Gasteiger partial charge in [0, 0.05) is 37.1 Å². The van der Waals surface area contributed by atoms with Crippen LogP contribution in [0.25, 0.3) is 0 Å². The molecule has 13 heteroatoms. The van der Waals surface area contributed by atoms with E-state index in [0.717, 1.165) is 55.6 Å². The summed E-state index contributed by atoms with van der Waals surface area (Å²) in [5, 5.41) is 39.5. The molecule has 6 atom stereocenters. The molecule has 3 fully saturated rings. The zero-order valence-electron chi connectivity index (χ0n) is 27.8. The highest BCUT2D eigenvalue weighted by atomic mass is 16.4. The first kappa shape index (κ1) is 34.9. The molecule has 3 aromatic heterocycles. The van der Waals surface area contributed by atoms with Crippen LogP contribution in [0, 0.1) is 35.5 Å². The zero-order chi connectivity index (χ0) is 34.3. The molecular formula is C36H48N4O9. The molecule has 6 N–H and O–H groups in total. The van der Waals surface area contributed by atoms with E-state index < -0.39 is 35.7 Å². The molecule has 13 nitrogen and oxygen atoms in total. The van der Waals surface area contributed by atoms with E-state index in [9.17, 15) is 29.7 Å². The van der Waals surface area contributed by atoms with Crippen LogP contribution < -0.4 is 16.0 Å². The fraction of sp³-hybridized carbons (Fsp3) is 0.583. The molecule has 49 heavy (non-hydrogen) atoms. The molecule has 6 rings (SSSR count). The van der Waals surface area contributed by atoms with Gasteiger partial charge in [0.1, 0.15) is 17.3 Å².